The van der Waals surface area contributed by atoms with Gasteiger partial charge in [-0.1, -0.05) is 0 Å². The molecule has 0 aliphatic rings. The number of rotatable bonds is 9. The first-order chi connectivity index (χ1) is 13.4. The Labute approximate surface area is 180 Å². The summed E-state index contributed by atoms with van der Waals surface area (Å²) in [6, 6.07) is 1.45. The van der Waals surface area contributed by atoms with E-state index in [1.54, 1.807) is 20.8 Å². The van der Waals surface area contributed by atoms with Crippen LogP contribution in [0.3, 0.4) is 0 Å². The van der Waals surface area contributed by atoms with E-state index in [1.165, 1.54) is 26.4 Å². The van der Waals surface area contributed by atoms with Crippen molar-refractivity contribution in [2.75, 3.05) is 20.0 Å². The predicted octanol–water partition coefficient (Wildman–Crippen LogP) is 2.35. The van der Waals surface area contributed by atoms with Crippen molar-refractivity contribution in [1.82, 2.24) is 3.92 Å². The van der Waals surface area contributed by atoms with Crippen molar-refractivity contribution in [3.63, 3.8) is 0 Å². The van der Waals surface area contributed by atoms with E-state index in [-0.39, 0.29) is 33.8 Å². The van der Waals surface area contributed by atoms with Gasteiger partial charge in [-0.2, -0.15) is 0 Å². The van der Waals surface area contributed by atoms with Gasteiger partial charge in [0.25, 0.3) is 0 Å². The summed E-state index contributed by atoms with van der Waals surface area (Å²) in [5, 5.41) is 21.0. The van der Waals surface area contributed by atoms with Gasteiger partial charge in [-0.15, -0.1) is 0 Å². The van der Waals surface area contributed by atoms with E-state index < -0.39 is 43.8 Å². The number of nitro groups is 1. The molecule has 1 atom stereocenters. The van der Waals surface area contributed by atoms with Gasteiger partial charge < -0.3 is 0 Å². The molecule has 29 heavy (non-hydrogen) atoms. The molecule has 0 spiro atoms. The van der Waals surface area contributed by atoms with Gasteiger partial charge in [-0.25, -0.2) is 0 Å². The van der Waals surface area contributed by atoms with E-state index in [2.05, 4.69) is 12.6 Å². The molecule has 1 unspecified atom stereocenters. The van der Waals surface area contributed by atoms with Gasteiger partial charge in [0.2, 0.25) is 0 Å². The van der Waals surface area contributed by atoms with E-state index >= 15 is 0 Å². The second-order valence-corrected chi connectivity index (χ2v) is 9.05. The van der Waals surface area contributed by atoms with Crippen LogP contribution < -0.4 is 9.47 Å². The Morgan fingerprint density at radius 3 is 2.24 bits per heavy atom. The first-order valence-corrected chi connectivity index (χ1v) is 10.9. The van der Waals surface area contributed by atoms with Crippen LogP contribution in [0.4, 0.5) is 10.5 Å². The number of nitro benzene ring substituents is 1. The van der Waals surface area contributed by atoms with Gasteiger partial charge in [0.1, 0.15) is 0 Å². The van der Waals surface area contributed by atoms with Gasteiger partial charge in [0.05, 0.1) is 0 Å². The van der Waals surface area contributed by atoms with Crippen LogP contribution in [0, 0.1) is 10.1 Å². The summed E-state index contributed by atoms with van der Waals surface area (Å²) in [6.07, 6.45) is -0.818. The predicted molar refractivity (Wildman–Crippen MR) is 109 cm³/mol. The van der Waals surface area contributed by atoms with Crippen LogP contribution in [0.5, 0.6) is 11.5 Å². The third-order valence-electron chi connectivity index (χ3n) is 3.46. The van der Waals surface area contributed by atoms with Crippen LogP contribution in [-0.2, 0) is 14.9 Å². The molecule has 0 heterocycles. The molecule has 162 valence electrons. The summed E-state index contributed by atoms with van der Waals surface area (Å²) in [5.41, 5.74) is -0.767. The van der Waals surface area contributed by atoms with Crippen molar-refractivity contribution in [2.24, 2.45) is 0 Å². The summed E-state index contributed by atoms with van der Waals surface area (Å²) in [6.45, 7) is 4.98. The Morgan fingerprint density at radius 1 is 1.28 bits per heavy atom. The molecular formula is C17H24N2O8SSe. The summed E-state index contributed by atoms with van der Waals surface area (Å²) < 4.78 is 16.6. The molecule has 1 aromatic rings. The number of ether oxygens (including phenoxy) is 3. The van der Waals surface area contributed by atoms with Crippen LogP contribution in [0.2, 0.25) is 0 Å². The number of aliphatic carboxylic acids is 1. The zero-order valence-electron chi connectivity index (χ0n) is 16.7. The molecule has 0 aliphatic carbocycles. The monoisotopic (exact) mass is 496 g/mol. The summed E-state index contributed by atoms with van der Waals surface area (Å²) in [5.74, 6) is -0.894. The average Bonchev–Trinajstić information content (AvgIpc) is 2.62. The molecule has 10 nitrogen and oxygen atoms in total. The Hall–Kier alpha value is -2.17. The molecule has 12 heteroatoms. The SMILES string of the molecule is COc1cc(C[Se]N(C(=O)OC(C)(C)C)C(CS)C(=O)O)c([N+](=O)[O-])cc1OC. The Bertz CT molecular complexity index is 769. The van der Waals surface area contributed by atoms with Crippen molar-refractivity contribution in [2.45, 2.75) is 37.7 Å². The molecule has 0 fully saturated rings. The minimum absolute atomic E-state index is 0.0560. The number of carboxylic acids is 1. The van der Waals surface area contributed by atoms with E-state index in [1.807, 2.05) is 0 Å². The van der Waals surface area contributed by atoms with Crippen LogP contribution >= 0.6 is 12.6 Å². The number of amides is 1. The van der Waals surface area contributed by atoms with Gasteiger partial charge >= 0.3 is 180 Å². The molecule has 0 radical (unpaired) electrons. The summed E-state index contributed by atoms with van der Waals surface area (Å²) >= 11 is 3.20. The van der Waals surface area contributed by atoms with E-state index in [0.29, 0.717) is 0 Å². The van der Waals surface area contributed by atoms with Gasteiger partial charge in [-0.3, -0.25) is 0 Å². The average molecular weight is 495 g/mol. The number of carboxylic acid groups (broad SMARTS) is 1. The quantitative estimate of drug-likeness (QED) is 0.231. The molecule has 1 aromatic carbocycles. The number of nitrogens with zero attached hydrogens (tertiary/aromatic N) is 2. The summed E-state index contributed by atoms with van der Waals surface area (Å²) in [7, 11) is 2.76. The first-order valence-electron chi connectivity index (χ1n) is 8.33. The molecule has 0 aromatic heterocycles. The minimum atomic E-state index is -1.24. The number of benzene rings is 1. The molecule has 0 bridgehead atoms. The third-order valence-corrected chi connectivity index (χ3v) is 6.15. The van der Waals surface area contributed by atoms with Gasteiger partial charge in [0, 0.05) is 0 Å². The molecular weight excluding hydrogens is 471 g/mol. The molecule has 0 aliphatic heterocycles. The molecule has 1 amide bonds. The van der Waals surface area contributed by atoms with Crippen LogP contribution in [0.25, 0.3) is 0 Å². The van der Waals surface area contributed by atoms with Crippen LogP contribution in [-0.4, -0.2) is 72.8 Å². The third kappa shape index (κ3) is 6.98. The van der Waals surface area contributed by atoms with E-state index in [0.717, 1.165) is 3.92 Å². The van der Waals surface area contributed by atoms with Crippen molar-refractivity contribution in [3.8, 4) is 11.5 Å². The second-order valence-electron chi connectivity index (χ2n) is 6.71. The second kappa shape index (κ2) is 10.6. The Kier molecular flexibility index (Phi) is 9.06. The maximum atomic E-state index is 12.6. The zero-order chi connectivity index (χ0) is 22.4. The molecule has 0 saturated heterocycles. The number of hydrogen-bond donors (Lipinski definition) is 2. The van der Waals surface area contributed by atoms with Crippen molar-refractivity contribution in [3.05, 3.63) is 27.8 Å². The number of carbonyl (C=O) groups is 2. The fraction of sp³-hybridized carbons (Fsp3) is 0.529. The number of methoxy groups -OCH3 is 2. The van der Waals surface area contributed by atoms with Crippen molar-refractivity contribution >= 4 is 45.6 Å². The molecule has 0 saturated carbocycles. The fourth-order valence-corrected chi connectivity index (χ4v) is 4.82. The zero-order valence-corrected chi connectivity index (χ0v) is 19.3. The van der Waals surface area contributed by atoms with E-state index in [4.69, 9.17) is 14.2 Å². The van der Waals surface area contributed by atoms with E-state index in [9.17, 15) is 24.8 Å². The molecule has 1 N–H and O–H groups in total. The first kappa shape index (κ1) is 24.9. The van der Waals surface area contributed by atoms with Crippen LogP contribution in [0.15, 0.2) is 12.1 Å². The maximum absolute atomic E-state index is 12.6. The molecule has 1 rings (SSSR count). The topological polar surface area (TPSA) is 128 Å². The van der Waals surface area contributed by atoms with Crippen molar-refractivity contribution < 1.29 is 33.8 Å². The standard InChI is InChI=1S/C17H24N2O8SSe/c1-17(2,3)27-16(22)18(12(8-28)15(20)21)29-9-10-6-13(25-4)14(26-5)7-11(10)19(23)24/h6-7,12,28H,8-9H2,1-5H3,(H,20,21). The van der Waals surface area contributed by atoms with Gasteiger partial charge in [-0.05, 0) is 0 Å². The van der Waals surface area contributed by atoms with Crippen molar-refractivity contribution in [1.29, 1.82) is 0 Å². The Balaban J connectivity index is 3.26. The number of carbonyl (C=O) groups excluding carboxylic acids is 1. The number of hydrogen-bond acceptors (Lipinski definition) is 8. The van der Waals surface area contributed by atoms with Gasteiger partial charge in [0.15, 0.2) is 0 Å². The normalized spacial score (nSPS) is 12.1. The van der Waals surface area contributed by atoms with Crippen LogP contribution in [0.1, 0.15) is 26.3 Å². The Morgan fingerprint density at radius 2 is 1.83 bits per heavy atom. The number of thiol groups is 1. The fourth-order valence-electron chi connectivity index (χ4n) is 2.16. The summed E-state index contributed by atoms with van der Waals surface area (Å²) in [4.78, 5) is 35.0.